The van der Waals surface area contributed by atoms with Crippen molar-refractivity contribution >= 4 is 58.5 Å². The Morgan fingerprint density at radius 3 is 2.39 bits per heavy atom. The Bertz CT molecular complexity index is 1190. The Hall–Kier alpha value is -2.82. The number of carbonyl (C=O) groups excluding carboxylic acids is 4. The van der Waals surface area contributed by atoms with Gasteiger partial charge >= 0.3 is 11.8 Å². The number of likely N-dealkylation sites (tertiary alicyclic amines) is 1. The standard InChI is InChI=1S/C26H35ClN6O4.ClH/c1-31(2)25(36)15-4-6-20(30-24(35)21-13-16-12-17(27)5-7-19(16)29-21)22(14-15)33(26(37)23(28)34)18-8-10-32(3)11-9-18;/h5,7,12-13,15,18,20,22,29H,4,6,8-11,14H2,1-3H3,(H2,28,34)(H,30,35);1H/t15-,20-,22+;/m0./s1. The molecule has 1 saturated heterocycles. The van der Waals surface area contributed by atoms with Crippen LogP contribution in [0.2, 0.25) is 5.02 Å². The van der Waals surface area contributed by atoms with Gasteiger partial charge in [-0.1, -0.05) is 11.6 Å². The minimum absolute atomic E-state index is 0. The highest BCUT2D eigenvalue weighted by molar-refractivity contribution is 6.34. The number of benzene rings is 1. The molecule has 10 nitrogen and oxygen atoms in total. The van der Waals surface area contributed by atoms with Crippen molar-refractivity contribution < 1.29 is 19.2 Å². The summed E-state index contributed by atoms with van der Waals surface area (Å²) in [6.07, 6.45) is 2.76. The van der Waals surface area contributed by atoms with Gasteiger partial charge in [0.15, 0.2) is 0 Å². The van der Waals surface area contributed by atoms with E-state index in [2.05, 4.69) is 15.2 Å². The Kier molecular flexibility index (Phi) is 9.67. The number of hydrogen-bond donors (Lipinski definition) is 3. The number of nitrogens with one attached hydrogen (secondary N) is 2. The van der Waals surface area contributed by atoms with Crippen LogP contribution in [0.5, 0.6) is 0 Å². The van der Waals surface area contributed by atoms with Crippen LogP contribution in [0.1, 0.15) is 42.6 Å². The summed E-state index contributed by atoms with van der Waals surface area (Å²) in [5, 5.41) is 4.47. The SMILES string of the molecule is CN1CCC(N(C(=O)C(N)=O)[C@@H]2C[C@@H](C(=O)N(C)C)CC[C@@H]2NC(=O)c2cc3cc(Cl)ccc3[nH]2)CC1.Cl. The normalized spacial score (nSPS) is 22.4. The summed E-state index contributed by atoms with van der Waals surface area (Å²) in [4.78, 5) is 60.0. The van der Waals surface area contributed by atoms with E-state index in [-0.39, 0.29) is 36.2 Å². The lowest BCUT2D eigenvalue weighted by Gasteiger charge is -2.47. The molecule has 1 aromatic carbocycles. The van der Waals surface area contributed by atoms with Crippen LogP contribution in [0, 0.1) is 5.92 Å². The lowest BCUT2D eigenvalue weighted by Crippen LogP contribution is -2.62. The fourth-order valence-corrected chi connectivity index (χ4v) is 5.85. The number of aromatic nitrogens is 1. The van der Waals surface area contributed by atoms with E-state index >= 15 is 0 Å². The maximum Gasteiger partial charge on any atom is 0.312 e. The summed E-state index contributed by atoms with van der Waals surface area (Å²) in [5.41, 5.74) is 6.65. The van der Waals surface area contributed by atoms with E-state index in [0.29, 0.717) is 42.8 Å². The topological polar surface area (TPSA) is 132 Å². The number of carbonyl (C=O) groups is 4. The average Bonchev–Trinajstić information content (AvgIpc) is 3.29. The first-order valence-electron chi connectivity index (χ1n) is 12.7. The lowest BCUT2D eigenvalue weighted by molar-refractivity contribution is -0.151. The zero-order chi connectivity index (χ0) is 26.9. The number of rotatable bonds is 5. The maximum atomic E-state index is 13.3. The molecule has 1 saturated carbocycles. The van der Waals surface area contributed by atoms with Gasteiger partial charge in [-0.05, 0) is 76.5 Å². The van der Waals surface area contributed by atoms with Gasteiger partial charge < -0.3 is 30.7 Å². The monoisotopic (exact) mass is 566 g/mol. The van der Waals surface area contributed by atoms with Gasteiger partial charge in [0.05, 0.1) is 6.04 Å². The van der Waals surface area contributed by atoms with Crippen molar-refractivity contribution in [3.05, 3.63) is 35.0 Å². The molecular formula is C26H36Cl2N6O4. The maximum absolute atomic E-state index is 13.3. The van der Waals surface area contributed by atoms with Crippen molar-refractivity contribution in [3.8, 4) is 0 Å². The Balaban J connectivity index is 0.00000400. The molecule has 3 atom stereocenters. The second-order valence-electron chi connectivity index (χ2n) is 10.4. The number of primary amides is 1. The molecule has 1 aromatic heterocycles. The summed E-state index contributed by atoms with van der Waals surface area (Å²) in [6.45, 7) is 1.54. The molecule has 38 heavy (non-hydrogen) atoms. The minimum Gasteiger partial charge on any atom is -0.361 e. The Morgan fingerprint density at radius 2 is 1.76 bits per heavy atom. The first-order chi connectivity index (χ1) is 17.5. The molecule has 0 unspecified atom stereocenters. The number of piperidine rings is 1. The predicted molar refractivity (Wildman–Crippen MR) is 148 cm³/mol. The van der Waals surface area contributed by atoms with Gasteiger partial charge in [-0.2, -0.15) is 0 Å². The molecule has 12 heteroatoms. The lowest BCUT2D eigenvalue weighted by atomic mass is 9.79. The Morgan fingerprint density at radius 1 is 1.08 bits per heavy atom. The van der Waals surface area contributed by atoms with Crippen LogP contribution >= 0.6 is 24.0 Å². The van der Waals surface area contributed by atoms with E-state index in [1.54, 1.807) is 42.1 Å². The molecule has 4 amide bonds. The molecule has 2 fully saturated rings. The average molecular weight is 568 g/mol. The number of nitrogens with two attached hydrogens (primary N) is 1. The Labute approximate surface area is 233 Å². The van der Waals surface area contributed by atoms with E-state index in [4.69, 9.17) is 17.3 Å². The fourth-order valence-electron chi connectivity index (χ4n) is 5.67. The minimum atomic E-state index is -1.03. The number of hydrogen-bond acceptors (Lipinski definition) is 5. The van der Waals surface area contributed by atoms with Crippen LogP contribution in [0.4, 0.5) is 0 Å². The third-order valence-corrected chi connectivity index (χ3v) is 7.87. The molecule has 2 heterocycles. The number of H-pyrrole nitrogens is 1. The number of fused-ring (bicyclic) bond motifs is 1. The van der Waals surface area contributed by atoms with Crippen LogP contribution in [0.15, 0.2) is 24.3 Å². The van der Waals surface area contributed by atoms with E-state index in [1.165, 1.54) is 0 Å². The second kappa shape index (κ2) is 12.4. The summed E-state index contributed by atoms with van der Waals surface area (Å²) in [7, 11) is 5.42. The van der Waals surface area contributed by atoms with Gasteiger partial charge in [-0.3, -0.25) is 19.2 Å². The highest BCUT2D eigenvalue weighted by atomic mass is 35.5. The second-order valence-corrected chi connectivity index (χ2v) is 10.9. The van der Waals surface area contributed by atoms with Gasteiger partial charge in [0.1, 0.15) is 5.69 Å². The fraction of sp³-hybridized carbons (Fsp3) is 0.538. The molecule has 1 aliphatic carbocycles. The van der Waals surface area contributed by atoms with Crippen molar-refractivity contribution in [2.24, 2.45) is 11.7 Å². The van der Waals surface area contributed by atoms with Crippen LogP contribution < -0.4 is 11.1 Å². The van der Waals surface area contributed by atoms with Crippen molar-refractivity contribution in [1.29, 1.82) is 0 Å². The number of halogens is 2. The van der Waals surface area contributed by atoms with Crippen LogP contribution in [0.3, 0.4) is 0 Å². The first-order valence-corrected chi connectivity index (χ1v) is 13.0. The van der Waals surface area contributed by atoms with Crippen molar-refractivity contribution in [2.75, 3.05) is 34.2 Å². The molecule has 2 aromatic rings. The molecule has 0 bridgehead atoms. The van der Waals surface area contributed by atoms with Crippen molar-refractivity contribution in [1.82, 2.24) is 25.0 Å². The molecule has 0 spiro atoms. The van der Waals surface area contributed by atoms with Gasteiger partial charge in [-0.15, -0.1) is 12.4 Å². The molecular weight excluding hydrogens is 531 g/mol. The van der Waals surface area contributed by atoms with Crippen molar-refractivity contribution in [3.63, 3.8) is 0 Å². The van der Waals surface area contributed by atoms with E-state index < -0.39 is 23.9 Å². The number of amides is 4. The van der Waals surface area contributed by atoms with Gasteiger partial charge in [0, 0.05) is 48.0 Å². The highest BCUT2D eigenvalue weighted by Gasteiger charge is 2.44. The molecule has 208 valence electrons. The third-order valence-electron chi connectivity index (χ3n) is 7.63. The first kappa shape index (κ1) is 29.7. The van der Waals surface area contributed by atoms with Gasteiger partial charge in [0.2, 0.25) is 5.91 Å². The number of nitrogens with zero attached hydrogens (tertiary/aromatic N) is 3. The summed E-state index contributed by atoms with van der Waals surface area (Å²) < 4.78 is 0. The zero-order valence-corrected chi connectivity index (χ0v) is 23.5. The van der Waals surface area contributed by atoms with E-state index in [9.17, 15) is 19.2 Å². The van der Waals surface area contributed by atoms with Crippen LogP contribution in [-0.4, -0.2) is 95.7 Å². The molecule has 4 N–H and O–H groups in total. The van der Waals surface area contributed by atoms with E-state index in [0.717, 1.165) is 24.0 Å². The highest BCUT2D eigenvalue weighted by Crippen LogP contribution is 2.33. The summed E-state index contributed by atoms with van der Waals surface area (Å²) in [5.74, 6) is -2.47. The van der Waals surface area contributed by atoms with Gasteiger partial charge in [0.25, 0.3) is 5.91 Å². The summed E-state index contributed by atoms with van der Waals surface area (Å²) >= 11 is 6.09. The van der Waals surface area contributed by atoms with Gasteiger partial charge in [-0.25, -0.2) is 0 Å². The summed E-state index contributed by atoms with van der Waals surface area (Å²) in [6, 6.07) is 5.87. The molecule has 0 radical (unpaired) electrons. The molecule has 1 aliphatic heterocycles. The van der Waals surface area contributed by atoms with Crippen molar-refractivity contribution in [2.45, 2.75) is 50.2 Å². The molecule has 4 rings (SSSR count). The largest absolute Gasteiger partial charge is 0.361 e. The van der Waals surface area contributed by atoms with E-state index in [1.807, 2.05) is 13.1 Å². The number of aromatic amines is 1. The molecule has 2 aliphatic rings. The van der Waals surface area contributed by atoms with Crippen LogP contribution in [-0.2, 0) is 14.4 Å². The third kappa shape index (κ3) is 6.42. The van der Waals surface area contributed by atoms with Crippen LogP contribution in [0.25, 0.3) is 10.9 Å². The predicted octanol–water partition coefficient (Wildman–Crippen LogP) is 2.01. The quantitative estimate of drug-likeness (QED) is 0.476. The zero-order valence-electron chi connectivity index (χ0n) is 21.9. The smallest absolute Gasteiger partial charge is 0.312 e.